The molecule has 7 nitrogen and oxygen atoms in total. The van der Waals surface area contributed by atoms with E-state index in [1.54, 1.807) is 24.3 Å². The molecule has 0 unspecified atom stereocenters. The van der Waals surface area contributed by atoms with Gasteiger partial charge in [0.05, 0.1) is 6.61 Å². The van der Waals surface area contributed by atoms with Gasteiger partial charge in [-0.25, -0.2) is 9.37 Å². The number of para-hydroxylation sites is 1. The molecule has 0 saturated carbocycles. The van der Waals surface area contributed by atoms with Crippen molar-refractivity contribution in [1.82, 2.24) is 24.5 Å². The summed E-state index contributed by atoms with van der Waals surface area (Å²) in [5.41, 5.74) is 1.28. The molecule has 8 heteroatoms. The van der Waals surface area contributed by atoms with Crippen LogP contribution in [0.4, 0.5) is 4.39 Å². The Balaban J connectivity index is 1.50. The van der Waals surface area contributed by atoms with E-state index in [0.29, 0.717) is 31.2 Å². The minimum absolute atomic E-state index is 0.0969. The zero-order valence-electron chi connectivity index (χ0n) is 16.6. The van der Waals surface area contributed by atoms with Crippen molar-refractivity contribution in [2.75, 3.05) is 19.7 Å². The number of amides is 1. The van der Waals surface area contributed by atoms with Gasteiger partial charge in [-0.3, -0.25) is 4.79 Å². The Morgan fingerprint density at radius 3 is 2.97 bits per heavy atom. The molecule has 2 aromatic heterocycles. The summed E-state index contributed by atoms with van der Waals surface area (Å²) in [4.78, 5) is 23.7. The van der Waals surface area contributed by atoms with Crippen molar-refractivity contribution in [3.05, 3.63) is 53.9 Å². The maximum absolute atomic E-state index is 13.8. The number of likely N-dealkylation sites (tertiary alicyclic amines) is 1. The van der Waals surface area contributed by atoms with Crippen LogP contribution in [0.15, 0.2) is 36.7 Å². The molecule has 1 atom stereocenters. The molecule has 0 aliphatic carbocycles. The van der Waals surface area contributed by atoms with Crippen LogP contribution in [0.5, 0.6) is 5.75 Å². The van der Waals surface area contributed by atoms with Gasteiger partial charge in [-0.1, -0.05) is 26.0 Å². The standard InChI is InChI=1S/C21H24FN5O2/c1-14(2)17-10-18(27-21(25-17)23-13-24-27)20(28)26-9-5-6-15(11-26)12-29-19-8-4-3-7-16(19)22/h3-4,7-8,10,13-15H,5-6,9,11-12H2,1-2H3/t15-/m1/s1. The van der Waals surface area contributed by atoms with Crippen molar-refractivity contribution in [2.24, 2.45) is 5.92 Å². The summed E-state index contributed by atoms with van der Waals surface area (Å²) in [6.07, 6.45) is 3.22. The van der Waals surface area contributed by atoms with E-state index in [1.807, 2.05) is 18.7 Å². The van der Waals surface area contributed by atoms with Gasteiger partial charge in [0.2, 0.25) is 0 Å². The van der Waals surface area contributed by atoms with Crippen molar-refractivity contribution in [2.45, 2.75) is 32.6 Å². The van der Waals surface area contributed by atoms with Gasteiger partial charge in [0.1, 0.15) is 12.0 Å². The lowest BCUT2D eigenvalue weighted by Crippen LogP contribution is -2.42. The fraction of sp³-hybridized carbons (Fsp3) is 0.429. The second-order valence-electron chi connectivity index (χ2n) is 7.69. The van der Waals surface area contributed by atoms with E-state index in [0.717, 1.165) is 18.5 Å². The number of halogens is 1. The molecule has 3 aromatic rings. The minimum Gasteiger partial charge on any atom is -0.490 e. The third-order valence-corrected chi connectivity index (χ3v) is 5.20. The number of carbonyl (C=O) groups is 1. The topological polar surface area (TPSA) is 72.6 Å². The van der Waals surface area contributed by atoms with Crippen LogP contribution in [0.3, 0.4) is 0 Å². The average molecular weight is 397 g/mol. The second-order valence-corrected chi connectivity index (χ2v) is 7.69. The third kappa shape index (κ3) is 4.06. The van der Waals surface area contributed by atoms with Crippen LogP contribution in [0.25, 0.3) is 5.78 Å². The number of benzene rings is 1. The summed E-state index contributed by atoms with van der Waals surface area (Å²) in [6.45, 7) is 5.66. The van der Waals surface area contributed by atoms with E-state index in [2.05, 4.69) is 15.1 Å². The van der Waals surface area contributed by atoms with Crippen LogP contribution in [0, 0.1) is 11.7 Å². The Bertz CT molecular complexity index is 1020. The zero-order chi connectivity index (χ0) is 20.4. The summed E-state index contributed by atoms with van der Waals surface area (Å²) in [6, 6.07) is 8.18. The number of hydrogen-bond acceptors (Lipinski definition) is 5. The molecule has 152 valence electrons. The molecule has 0 spiro atoms. The van der Waals surface area contributed by atoms with E-state index >= 15 is 0 Å². The molecule has 4 rings (SSSR count). The van der Waals surface area contributed by atoms with Crippen LogP contribution in [-0.2, 0) is 0 Å². The molecule has 1 aliphatic heterocycles. The van der Waals surface area contributed by atoms with E-state index in [1.165, 1.54) is 16.9 Å². The molecule has 1 saturated heterocycles. The number of nitrogens with zero attached hydrogens (tertiary/aromatic N) is 5. The highest BCUT2D eigenvalue weighted by atomic mass is 19.1. The maximum Gasteiger partial charge on any atom is 0.272 e. The lowest BCUT2D eigenvalue weighted by atomic mass is 9.98. The molecule has 1 aliphatic rings. The maximum atomic E-state index is 13.8. The second kappa shape index (κ2) is 8.14. The molecule has 29 heavy (non-hydrogen) atoms. The third-order valence-electron chi connectivity index (χ3n) is 5.20. The van der Waals surface area contributed by atoms with Crippen LogP contribution >= 0.6 is 0 Å². The molecule has 1 amide bonds. The van der Waals surface area contributed by atoms with Crippen molar-refractivity contribution >= 4 is 11.7 Å². The van der Waals surface area contributed by atoms with Crippen molar-refractivity contribution in [3.63, 3.8) is 0 Å². The van der Waals surface area contributed by atoms with Crippen molar-refractivity contribution in [3.8, 4) is 5.75 Å². The quantitative estimate of drug-likeness (QED) is 0.660. The molecule has 0 N–H and O–H groups in total. The van der Waals surface area contributed by atoms with Crippen LogP contribution in [-0.4, -0.2) is 50.1 Å². The van der Waals surface area contributed by atoms with Crippen molar-refractivity contribution < 1.29 is 13.9 Å². The van der Waals surface area contributed by atoms with E-state index in [4.69, 9.17) is 4.74 Å². The number of carbonyl (C=O) groups excluding carboxylic acids is 1. The van der Waals surface area contributed by atoms with Gasteiger partial charge in [-0.15, -0.1) is 0 Å². The lowest BCUT2D eigenvalue weighted by Gasteiger charge is -2.32. The molecule has 0 radical (unpaired) electrons. The Kier molecular flexibility index (Phi) is 5.42. The Morgan fingerprint density at radius 2 is 2.17 bits per heavy atom. The SMILES string of the molecule is CC(C)c1cc(C(=O)N2CCC[C@@H](COc3ccccc3F)C2)n2ncnc2n1. The van der Waals surface area contributed by atoms with Gasteiger partial charge in [-0.05, 0) is 37.0 Å². The van der Waals surface area contributed by atoms with Gasteiger partial charge in [0, 0.05) is 24.7 Å². The number of ether oxygens (including phenoxy) is 1. The van der Waals surface area contributed by atoms with Gasteiger partial charge < -0.3 is 9.64 Å². The molecule has 1 aromatic carbocycles. The summed E-state index contributed by atoms with van der Waals surface area (Å²) in [5.74, 6) is 0.520. The zero-order valence-corrected chi connectivity index (χ0v) is 16.6. The first-order valence-corrected chi connectivity index (χ1v) is 9.90. The predicted octanol–water partition coefficient (Wildman–Crippen LogP) is 3.32. The smallest absolute Gasteiger partial charge is 0.272 e. The molecule has 0 bridgehead atoms. The molecule has 3 heterocycles. The van der Waals surface area contributed by atoms with Gasteiger partial charge in [0.25, 0.3) is 11.7 Å². The average Bonchev–Trinajstić information content (AvgIpc) is 3.21. The Labute approximate surface area is 168 Å². The highest BCUT2D eigenvalue weighted by molar-refractivity contribution is 5.93. The van der Waals surface area contributed by atoms with Crippen LogP contribution in [0.1, 0.15) is 48.8 Å². The monoisotopic (exact) mass is 397 g/mol. The Hall–Kier alpha value is -3.03. The van der Waals surface area contributed by atoms with E-state index < -0.39 is 0 Å². The lowest BCUT2D eigenvalue weighted by molar-refractivity contribution is 0.0622. The summed E-state index contributed by atoms with van der Waals surface area (Å²) in [7, 11) is 0. The van der Waals surface area contributed by atoms with E-state index in [-0.39, 0.29) is 29.3 Å². The molecular formula is C21H24FN5O2. The first-order valence-electron chi connectivity index (χ1n) is 9.90. The van der Waals surface area contributed by atoms with Crippen LogP contribution in [0.2, 0.25) is 0 Å². The summed E-state index contributed by atoms with van der Waals surface area (Å²) >= 11 is 0. The highest BCUT2D eigenvalue weighted by Crippen LogP contribution is 2.23. The Morgan fingerprint density at radius 1 is 1.34 bits per heavy atom. The van der Waals surface area contributed by atoms with Gasteiger partial charge in [0.15, 0.2) is 11.6 Å². The fourth-order valence-corrected chi connectivity index (χ4v) is 3.60. The van der Waals surface area contributed by atoms with Crippen molar-refractivity contribution in [1.29, 1.82) is 0 Å². The summed E-state index contributed by atoms with van der Waals surface area (Å²) in [5, 5.41) is 4.17. The normalized spacial score (nSPS) is 17.1. The number of rotatable bonds is 5. The number of fused-ring (bicyclic) bond motifs is 1. The summed E-state index contributed by atoms with van der Waals surface area (Å²) < 4.78 is 20.9. The van der Waals surface area contributed by atoms with Gasteiger partial charge in [-0.2, -0.15) is 14.6 Å². The molecule has 1 fully saturated rings. The molecular weight excluding hydrogens is 373 g/mol. The number of aromatic nitrogens is 4. The van der Waals surface area contributed by atoms with Crippen LogP contribution < -0.4 is 4.74 Å². The minimum atomic E-state index is -0.372. The largest absolute Gasteiger partial charge is 0.490 e. The first kappa shape index (κ1) is 19.3. The fourth-order valence-electron chi connectivity index (χ4n) is 3.60. The number of hydrogen-bond donors (Lipinski definition) is 0. The van der Waals surface area contributed by atoms with Gasteiger partial charge >= 0.3 is 0 Å². The highest BCUT2D eigenvalue weighted by Gasteiger charge is 2.27. The van der Waals surface area contributed by atoms with E-state index in [9.17, 15) is 9.18 Å². The number of piperidine rings is 1. The predicted molar refractivity (Wildman–Crippen MR) is 105 cm³/mol. The first-order chi connectivity index (χ1) is 14.0.